The van der Waals surface area contributed by atoms with E-state index in [1.54, 1.807) is 94.2 Å². The number of hydrogen-bond donors (Lipinski definition) is 0. The van der Waals surface area contributed by atoms with Crippen LogP contribution in [0.1, 0.15) is 59.4 Å². The zero-order chi connectivity index (χ0) is 65.6. The molecule has 0 aliphatic carbocycles. The van der Waals surface area contributed by atoms with Gasteiger partial charge in [-0.15, -0.1) is 29.7 Å². The van der Waals surface area contributed by atoms with E-state index in [0.29, 0.717) is 67.2 Å². The average Bonchev–Trinajstić information content (AvgIpc) is 1.48. The molecule has 0 saturated heterocycles. The SMILES string of the molecule is [2H]c1c([2H])c([2H])c(-c2cc3c4c(c2)n(-c2[c-]c(Oc5[c-]c6c(cc5)c5ccccc5n6-c5cc(C(C)(C)C)ccn5)ccc2)[c-][n+]4-c2c(cccc2-c2c(C([2H])([2H])[2H])cccc2C([2H])([2H])[2H])-c2cccc(-c4c([2H])c([2H])c([2H])c([2H])c4[2H])c2-c2ccccc2-3)c([2H])c1[2H].[Pt]. The number of rotatable bonds is 7. The topological polar surface area (TPSA) is 35.9 Å². The first-order valence-corrected chi connectivity index (χ1v) is 25.0. The molecule has 0 saturated carbocycles. The van der Waals surface area contributed by atoms with Crippen molar-refractivity contribution < 1.29 is 52.3 Å². The van der Waals surface area contributed by atoms with Crippen molar-refractivity contribution in [1.29, 1.82) is 0 Å². The summed E-state index contributed by atoms with van der Waals surface area (Å²) in [6.07, 6.45) is 5.41. The Labute approximate surface area is 492 Å². The van der Waals surface area contributed by atoms with Gasteiger partial charge in [-0.25, -0.2) is 4.98 Å². The minimum absolute atomic E-state index is 0. The van der Waals surface area contributed by atoms with Crippen LogP contribution in [0, 0.1) is 32.2 Å². The number of aryl methyl sites for hydroxylation is 2. The minimum Gasteiger partial charge on any atom is -0.510 e. The van der Waals surface area contributed by atoms with Gasteiger partial charge in [-0.05, 0) is 138 Å². The monoisotopic (exact) mass is 1200 g/mol. The summed E-state index contributed by atoms with van der Waals surface area (Å²) in [5, 5.41) is 1.90. The van der Waals surface area contributed by atoms with E-state index >= 15 is 0 Å². The quantitative estimate of drug-likeness (QED) is 0.118. The fourth-order valence-electron chi connectivity index (χ4n) is 10.9. The van der Waals surface area contributed by atoms with E-state index < -0.39 is 74.1 Å². The molecule has 0 fully saturated rings. The van der Waals surface area contributed by atoms with Gasteiger partial charge in [-0.1, -0.05) is 190 Å². The molecule has 0 bridgehead atoms. The van der Waals surface area contributed by atoms with Crippen LogP contribution in [0.25, 0.3) is 117 Å². The van der Waals surface area contributed by atoms with Crippen molar-refractivity contribution in [3.05, 3.63) is 259 Å². The Kier molecular flexibility index (Phi) is 8.41. The normalized spacial score (nSPS) is 15.1. The van der Waals surface area contributed by atoms with E-state index in [-0.39, 0.29) is 82.4 Å². The van der Waals surface area contributed by atoms with Gasteiger partial charge in [0.15, 0.2) is 0 Å². The van der Waals surface area contributed by atoms with Crippen LogP contribution in [0.3, 0.4) is 0 Å². The van der Waals surface area contributed by atoms with E-state index in [0.717, 1.165) is 21.9 Å². The van der Waals surface area contributed by atoms with Crippen LogP contribution < -0.4 is 9.30 Å². The van der Waals surface area contributed by atoms with Crippen LogP contribution in [0.4, 0.5) is 0 Å². The molecule has 0 atom stereocenters. The molecular weight excluding hydrogens is 1130 g/mol. The van der Waals surface area contributed by atoms with Crippen LogP contribution in [-0.4, -0.2) is 14.1 Å². The molecule has 0 unspecified atom stereocenters. The molecule has 0 radical (unpaired) electrons. The van der Waals surface area contributed by atoms with Crippen molar-refractivity contribution in [2.75, 3.05) is 0 Å². The predicted octanol–water partition coefficient (Wildman–Crippen LogP) is 17.8. The summed E-state index contributed by atoms with van der Waals surface area (Å²) in [6.45, 7) is 0.677. The second-order valence-corrected chi connectivity index (χ2v) is 20.0. The molecule has 0 amide bonds. The van der Waals surface area contributed by atoms with Crippen LogP contribution in [0.15, 0.2) is 224 Å². The molecule has 78 heavy (non-hydrogen) atoms. The molecular formula is C72H52N4OPt-2. The van der Waals surface area contributed by atoms with E-state index in [1.165, 1.54) is 18.2 Å². The number of imidazole rings is 1. The van der Waals surface area contributed by atoms with Gasteiger partial charge in [0.1, 0.15) is 5.82 Å². The number of hydrogen-bond acceptors (Lipinski definition) is 2. The summed E-state index contributed by atoms with van der Waals surface area (Å²) < 4.78 is 156. The summed E-state index contributed by atoms with van der Waals surface area (Å²) in [4.78, 5) is 4.84. The van der Waals surface area contributed by atoms with E-state index in [4.69, 9.17) is 26.2 Å². The molecule has 3 aromatic heterocycles. The van der Waals surface area contributed by atoms with Gasteiger partial charge in [-0.3, -0.25) is 4.57 Å². The summed E-state index contributed by atoms with van der Waals surface area (Å²) in [7, 11) is 0. The fraction of sp³-hybridized carbons (Fsp3) is 0.0833. The molecule has 378 valence electrons. The zero-order valence-corrected chi connectivity index (χ0v) is 44.4. The second-order valence-electron chi connectivity index (χ2n) is 20.0. The molecule has 1 aliphatic rings. The van der Waals surface area contributed by atoms with Gasteiger partial charge in [0.25, 0.3) is 6.33 Å². The number of aromatic nitrogens is 4. The van der Waals surface area contributed by atoms with Crippen LogP contribution in [0.2, 0.25) is 0 Å². The predicted molar refractivity (Wildman–Crippen MR) is 314 cm³/mol. The maximum Gasteiger partial charge on any atom is 0.268 e. The number of ether oxygens (including phenoxy) is 1. The maximum absolute atomic E-state index is 9.39. The minimum atomic E-state index is -2.88. The molecule has 10 aromatic carbocycles. The van der Waals surface area contributed by atoms with Crippen molar-refractivity contribution >= 4 is 32.8 Å². The number of para-hydroxylation sites is 2. The van der Waals surface area contributed by atoms with Crippen molar-refractivity contribution in [2.24, 2.45) is 0 Å². The zero-order valence-electron chi connectivity index (χ0n) is 58.1. The number of pyridine rings is 1. The summed E-state index contributed by atoms with van der Waals surface area (Å²) in [5.41, 5.74) is 5.79. The fourth-order valence-corrected chi connectivity index (χ4v) is 10.9. The molecule has 6 heteroatoms. The van der Waals surface area contributed by atoms with Crippen molar-refractivity contribution in [1.82, 2.24) is 14.1 Å². The molecule has 13 aromatic rings. The maximum atomic E-state index is 9.39. The van der Waals surface area contributed by atoms with Gasteiger partial charge in [0.2, 0.25) is 0 Å². The van der Waals surface area contributed by atoms with Gasteiger partial charge < -0.3 is 13.9 Å². The summed E-state index contributed by atoms with van der Waals surface area (Å²) in [5.74, 6) is 1.27. The molecule has 1 aliphatic heterocycles. The molecule has 5 nitrogen and oxygen atoms in total. The Morgan fingerprint density at radius 3 is 1.99 bits per heavy atom. The van der Waals surface area contributed by atoms with Gasteiger partial charge in [-0.2, -0.15) is 18.2 Å². The third kappa shape index (κ3) is 8.11. The van der Waals surface area contributed by atoms with Crippen molar-refractivity contribution in [3.8, 4) is 95.5 Å². The van der Waals surface area contributed by atoms with Gasteiger partial charge in [0.05, 0.1) is 30.4 Å². The first-order valence-electron chi connectivity index (χ1n) is 33.0. The number of fused-ring (bicyclic) bond motifs is 10. The Morgan fingerprint density at radius 2 is 1.21 bits per heavy atom. The van der Waals surface area contributed by atoms with Gasteiger partial charge in [0, 0.05) is 52.5 Å². The first kappa shape index (κ1) is 34.0. The third-order valence-corrected chi connectivity index (χ3v) is 14.4. The molecule has 4 heterocycles. The first-order chi connectivity index (χ1) is 44.2. The Morgan fingerprint density at radius 1 is 0.538 bits per heavy atom. The molecule has 0 N–H and O–H groups in total. The average molecular weight is 1200 g/mol. The van der Waals surface area contributed by atoms with E-state index in [1.807, 2.05) is 54.6 Å². The molecule has 0 spiro atoms. The number of benzene rings is 10. The van der Waals surface area contributed by atoms with Crippen LogP contribution in [-0.2, 0) is 26.5 Å². The third-order valence-electron chi connectivity index (χ3n) is 14.4. The molecule has 14 rings (SSSR count). The van der Waals surface area contributed by atoms with E-state index in [9.17, 15) is 5.48 Å². The Balaban J connectivity index is 0.00000803. The largest absolute Gasteiger partial charge is 0.510 e. The second kappa shape index (κ2) is 19.3. The van der Waals surface area contributed by atoms with Crippen LogP contribution >= 0.6 is 0 Å². The Hall–Kier alpha value is -8.89. The number of nitrogens with zero attached hydrogens (tertiary/aromatic N) is 4. The van der Waals surface area contributed by atoms with Crippen LogP contribution in [0.5, 0.6) is 11.5 Å². The summed E-state index contributed by atoms with van der Waals surface area (Å²) >= 11 is 0. The van der Waals surface area contributed by atoms with Gasteiger partial charge >= 0.3 is 0 Å². The van der Waals surface area contributed by atoms with Crippen molar-refractivity contribution in [2.45, 2.75) is 39.9 Å². The summed E-state index contributed by atoms with van der Waals surface area (Å²) in [6, 6.07) is 47.6. The standard InChI is InChI=1S/C72H52N4O.Pt/c1-46-20-16-21-47(2)68(46)62-34-19-33-61-60-32-18-31-55(49-24-10-7-11-25-49)69(60)59-30-13-12-28-56(59)63-40-50(48-22-8-6-9-23-48)41-66-71(63)75(70(61)62)45-74(66)52-26-17-27-53(43-52)77-54-36-37-58-57-29-14-15-35-64(57)76(65(58)44-54)67-42-51(38-39-73-67)72(3,4)5;/h6-42H,1-5H3;/q-2;/i1D3,2D3,6D,7D,8D,9D,10D,11D,22D,23D,24D,25D;. The van der Waals surface area contributed by atoms with Crippen molar-refractivity contribution in [3.63, 3.8) is 0 Å². The Bertz CT molecular complexity index is 5260. The smallest absolute Gasteiger partial charge is 0.268 e. The van der Waals surface area contributed by atoms with E-state index in [2.05, 4.69) is 49.9 Å².